The zero-order valence-electron chi connectivity index (χ0n) is 10.2. The monoisotopic (exact) mass is 256 g/mol. The first kappa shape index (κ1) is 12.7. The third-order valence-corrected chi connectivity index (χ3v) is 3.78. The second kappa shape index (κ2) is 4.46. The molecule has 1 aromatic carbocycles. The molecule has 1 N–H and O–H groups in total. The van der Waals surface area contributed by atoms with Crippen LogP contribution in [0.25, 0.3) is 0 Å². The largest absolute Gasteiger partial charge is 0.363 e. The lowest BCUT2D eigenvalue weighted by Gasteiger charge is -2.38. The van der Waals surface area contributed by atoms with Gasteiger partial charge in [-0.1, -0.05) is 0 Å². The molecule has 0 bridgehead atoms. The Morgan fingerprint density at radius 3 is 2.88 bits per heavy atom. The average Bonchev–Trinajstić information content (AvgIpc) is 2.58. The minimum Gasteiger partial charge on any atom is -0.363 e. The highest BCUT2D eigenvalue weighted by atomic mass is 35.5. The highest BCUT2D eigenvalue weighted by Crippen LogP contribution is 2.36. The van der Waals surface area contributed by atoms with Gasteiger partial charge in [0, 0.05) is 30.9 Å². The number of benzene rings is 1. The maximum Gasteiger partial charge on any atom is 0.126 e. The van der Waals surface area contributed by atoms with E-state index in [2.05, 4.69) is 17.1 Å². The minimum atomic E-state index is -0.0702. The quantitative estimate of drug-likeness (QED) is 0.766. The molecular formula is C13H18ClFN2. The van der Waals surface area contributed by atoms with Crippen molar-refractivity contribution in [2.45, 2.75) is 32.4 Å². The summed E-state index contributed by atoms with van der Waals surface area (Å²) in [6.45, 7) is 6.11. The van der Waals surface area contributed by atoms with E-state index in [4.69, 9.17) is 0 Å². The number of halogens is 2. The molecule has 0 radical (unpaired) electrons. The van der Waals surface area contributed by atoms with Crippen molar-refractivity contribution in [2.24, 2.45) is 0 Å². The van der Waals surface area contributed by atoms with Crippen LogP contribution in [0, 0.1) is 12.7 Å². The zero-order valence-corrected chi connectivity index (χ0v) is 11.0. The number of nitrogens with zero attached hydrogens (tertiary/aromatic N) is 1. The van der Waals surface area contributed by atoms with Crippen LogP contribution in [-0.4, -0.2) is 25.2 Å². The molecule has 0 saturated carbocycles. The predicted molar refractivity (Wildman–Crippen MR) is 70.7 cm³/mol. The Morgan fingerprint density at radius 1 is 1.35 bits per heavy atom. The summed E-state index contributed by atoms with van der Waals surface area (Å²) < 4.78 is 13.5. The van der Waals surface area contributed by atoms with Crippen LogP contribution in [0.4, 0.5) is 10.1 Å². The van der Waals surface area contributed by atoms with Crippen LogP contribution < -0.4 is 10.2 Å². The van der Waals surface area contributed by atoms with Gasteiger partial charge in [-0.15, -0.1) is 12.4 Å². The summed E-state index contributed by atoms with van der Waals surface area (Å²) in [6.07, 6.45) is 0.976. The second-order valence-corrected chi connectivity index (χ2v) is 5.00. The van der Waals surface area contributed by atoms with Crippen LogP contribution in [0.1, 0.15) is 18.1 Å². The van der Waals surface area contributed by atoms with Gasteiger partial charge in [-0.05, 0) is 43.5 Å². The van der Waals surface area contributed by atoms with Crippen molar-refractivity contribution in [3.8, 4) is 0 Å². The topological polar surface area (TPSA) is 15.3 Å². The van der Waals surface area contributed by atoms with Crippen molar-refractivity contribution in [3.63, 3.8) is 0 Å². The molecule has 2 nitrogen and oxygen atoms in total. The van der Waals surface area contributed by atoms with E-state index < -0.39 is 0 Å². The summed E-state index contributed by atoms with van der Waals surface area (Å²) in [7, 11) is 0. The van der Waals surface area contributed by atoms with Crippen molar-refractivity contribution in [1.82, 2.24) is 5.32 Å². The molecule has 3 rings (SSSR count). The van der Waals surface area contributed by atoms with Crippen molar-refractivity contribution < 1.29 is 4.39 Å². The predicted octanol–water partition coefficient (Wildman–Crippen LogP) is 2.28. The molecule has 2 aliphatic heterocycles. The first-order valence-corrected chi connectivity index (χ1v) is 5.95. The molecule has 0 aliphatic carbocycles. The van der Waals surface area contributed by atoms with Gasteiger partial charge in [-0.25, -0.2) is 4.39 Å². The number of fused-ring (bicyclic) bond motifs is 3. The van der Waals surface area contributed by atoms with Crippen molar-refractivity contribution in [1.29, 1.82) is 0 Å². The van der Waals surface area contributed by atoms with Crippen LogP contribution in [-0.2, 0) is 6.42 Å². The molecule has 0 unspecified atom stereocenters. The highest BCUT2D eigenvalue weighted by molar-refractivity contribution is 5.85. The van der Waals surface area contributed by atoms with E-state index in [-0.39, 0.29) is 18.2 Å². The number of aryl methyl sites for hydroxylation is 1. The fourth-order valence-electron chi connectivity index (χ4n) is 2.99. The average molecular weight is 257 g/mol. The van der Waals surface area contributed by atoms with Crippen LogP contribution in [0.2, 0.25) is 0 Å². The van der Waals surface area contributed by atoms with Gasteiger partial charge in [0.2, 0.25) is 0 Å². The second-order valence-electron chi connectivity index (χ2n) is 5.00. The molecule has 0 aromatic heterocycles. The van der Waals surface area contributed by atoms with E-state index in [0.717, 1.165) is 25.1 Å². The van der Waals surface area contributed by atoms with Crippen LogP contribution >= 0.6 is 12.4 Å². The summed E-state index contributed by atoms with van der Waals surface area (Å²) in [5.74, 6) is -0.0702. The van der Waals surface area contributed by atoms with E-state index in [9.17, 15) is 4.39 Å². The number of rotatable bonds is 0. The standard InChI is InChI=1S/C13H17FN2.ClH/c1-8-3-13-10(5-12(8)14)4-11-7-15-6-9(2)16(11)13;/h3,5,9,11,15H,4,6-7H2,1-2H3;1H/t9-,11-;/m1./s1. The van der Waals surface area contributed by atoms with Crippen molar-refractivity contribution in [3.05, 3.63) is 29.1 Å². The summed E-state index contributed by atoms with van der Waals surface area (Å²) in [6, 6.07) is 4.74. The summed E-state index contributed by atoms with van der Waals surface area (Å²) >= 11 is 0. The lowest BCUT2D eigenvalue weighted by atomic mass is 10.1. The van der Waals surface area contributed by atoms with Gasteiger partial charge in [0.25, 0.3) is 0 Å². The summed E-state index contributed by atoms with van der Waals surface area (Å²) in [4.78, 5) is 2.46. The number of nitrogens with one attached hydrogen (secondary N) is 1. The van der Waals surface area contributed by atoms with Crippen molar-refractivity contribution >= 4 is 18.1 Å². The van der Waals surface area contributed by atoms with Gasteiger partial charge in [-0.3, -0.25) is 0 Å². The minimum absolute atomic E-state index is 0. The van der Waals surface area contributed by atoms with Gasteiger partial charge < -0.3 is 10.2 Å². The van der Waals surface area contributed by atoms with Gasteiger partial charge in [0.05, 0.1) is 0 Å². The summed E-state index contributed by atoms with van der Waals surface area (Å²) in [5, 5.41) is 3.43. The fraction of sp³-hybridized carbons (Fsp3) is 0.538. The molecule has 2 heterocycles. The van der Waals surface area contributed by atoms with E-state index in [1.165, 1.54) is 11.3 Å². The SMILES string of the molecule is Cc1cc2c(cc1F)C[C@@H]1CNC[C@@H](C)N21.Cl. The first-order chi connectivity index (χ1) is 7.66. The van der Waals surface area contributed by atoms with Gasteiger partial charge in [-0.2, -0.15) is 0 Å². The van der Waals surface area contributed by atoms with E-state index >= 15 is 0 Å². The first-order valence-electron chi connectivity index (χ1n) is 5.95. The van der Waals surface area contributed by atoms with Gasteiger partial charge >= 0.3 is 0 Å². The van der Waals surface area contributed by atoms with E-state index in [1.807, 2.05) is 13.0 Å². The Morgan fingerprint density at radius 2 is 2.12 bits per heavy atom. The maximum absolute atomic E-state index is 13.5. The lowest BCUT2D eigenvalue weighted by Crippen LogP contribution is -2.54. The molecule has 4 heteroatoms. The Labute approximate surface area is 108 Å². The third kappa shape index (κ3) is 1.91. The molecule has 2 aliphatic rings. The Kier molecular flexibility index (Phi) is 3.32. The summed E-state index contributed by atoms with van der Waals surface area (Å²) in [5.41, 5.74) is 3.17. The van der Waals surface area contributed by atoms with Crippen LogP contribution in [0.15, 0.2) is 12.1 Å². The molecule has 1 fully saturated rings. The Balaban J connectivity index is 0.00000108. The van der Waals surface area contributed by atoms with E-state index in [0.29, 0.717) is 12.1 Å². The highest BCUT2D eigenvalue weighted by Gasteiger charge is 2.35. The Hall–Kier alpha value is -0.800. The van der Waals surface area contributed by atoms with E-state index in [1.54, 1.807) is 6.07 Å². The molecule has 0 amide bonds. The third-order valence-electron chi connectivity index (χ3n) is 3.78. The number of anilines is 1. The molecule has 1 saturated heterocycles. The fourth-order valence-corrected chi connectivity index (χ4v) is 2.99. The molecule has 2 atom stereocenters. The normalized spacial score (nSPS) is 26.2. The van der Waals surface area contributed by atoms with Crippen LogP contribution in [0.5, 0.6) is 0 Å². The molecule has 1 aromatic rings. The number of hydrogen-bond donors (Lipinski definition) is 1. The molecule has 94 valence electrons. The van der Waals surface area contributed by atoms with Gasteiger partial charge in [0.15, 0.2) is 0 Å². The maximum atomic E-state index is 13.5. The number of piperazine rings is 1. The smallest absolute Gasteiger partial charge is 0.126 e. The lowest BCUT2D eigenvalue weighted by molar-refractivity contribution is 0.430. The van der Waals surface area contributed by atoms with Crippen LogP contribution in [0.3, 0.4) is 0 Å². The Bertz CT molecular complexity index is 436. The van der Waals surface area contributed by atoms with Crippen molar-refractivity contribution in [2.75, 3.05) is 18.0 Å². The molecular weight excluding hydrogens is 239 g/mol. The zero-order chi connectivity index (χ0) is 11.3. The molecule has 17 heavy (non-hydrogen) atoms. The molecule has 0 spiro atoms. The number of hydrogen-bond acceptors (Lipinski definition) is 2. The van der Waals surface area contributed by atoms with Gasteiger partial charge in [0.1, 0.15) is 5.82 Å².